The van der Waals surface area contributed by atoms with Crippen molar-refractivity contribution in [2.75, 3.05) is 7.11 Å². The first-order chi connectivity index (χ1) is 7.74. The second-order valence-electron chi connectivity index (χ2n) is 3.41. The Morgan fingerprint density at radius 3 is 2.75 bits per heavy atom. The molecule has 16 heavy (non-hydrogen) atoms. The molecule has 4 heteroatoms. The molecule has 1 atom stereocenters. The van der Waals surface area contributed by atoms with E-state index >= 15 is 0 Å². The molecule has 0 radical (unpaired) electrons. The average Bonchev–Trinajstić information content (AvgIpc) is 2.97. The highest BCUT2D eigenvalue weighted by atomic mass is 79.9. The van der Waals surface area contributed by atoms with Crippen LogP contribution in [-0.2, 0) is 6.42 Å². The van der Waals surface area contributed by atoms with E-state index < -0.39 is 0 Å². The normalized spacial score (nSPS) is 12.7. The van der Waals surface area contributed by atoms with Crippen molar-refractivity contribution in [2.24, 2.45) is 0 Å². The zero-order valence-corrected chi connectivity index (χ0v) is 12.4. The van der Waals surface area contributed by atoms with Crippen LogP contribution in [0.2, 0.25) is 0 Å². The number of thiophene rings is 2. The Kier molecular flexibility index (Phi) is 4.05. The molecule has 0 aliphatic rings. The zero-order chi connectivity index (χ0) is 11.5. The van der Waals surface area contributed by atoms with Gasteiger partial charge in [0, 0.05) is 20.0 Å². The topological polar surface area (TPSA) is 9.23 Å². The van der Waals surface area contributed by atoms with Crippen molar-refractivity contribution in [3.63, 3.8) is 0 Å². The summed E-state index contributed by atoms with van der Waals surface area (Å²) in [6.07, 6.45) is 1.11. The van der Waals surface area contributed by atoms with Gasteiger partial charge in [0.2, 0.25) is 0 Å². The van der Waals surface area contributed by atoms with Crippen molar-refractivity contribution in [2.45, 2.75) is 18.2 Å². The van der Waals surface area contributed by atoms with Crippen molar-refractivity contribution in [3.05, 3.63) is 38.2 Å². The molecule has 0 N–H and O–H groups in total. The highest BCUT2D eigenvalue weighted by Gasteiger charge is 2.15. The third-order valence-electron chi connectivity index (χ3n) is 2.36. The molecule has 0 saturated carbocycles. The zero-order valence-electron chi connectivity index (χ0n) is 9.20. The van der Waals surface area contributed by atoms with E-state index in [1.807, 2.05) is 16.7 Å². The molecule has 1 nitrogen and oxygen atoms in total. The third-order valence-corrected chi connectivity index (χ3v) is 6.22. The summed E-state index contributed by atoms with van der Waals surface area (Å²) >= 11 is 7.34. The molecule has 0 aliphatic heterocycles. The van der Waals surface area contributed by atoms with Crippen LogP contribution in [0.4, 0.5) is 0 Å². The SMILES string of the molecule is CCc1ccc(C(Br)c2cc(OC)cs2)s1. The fraction of sp³-hybridized carbons (Fsp3) is 0.333. The lowest BCUT2D eigenvalue weighted by Gasteiger charge is -2.03. The predicted molar refractivity (Wildman–Crippen MR) is 75.3 cm³/mol. The van der Waals surface area contributed by atoms with Crippen molar-refractivity contribution >= 4 is 38.6 Å². The highest BCUT2D eigenvalue weighted by Crippen LogP contribution is 2.39. The Morgan fingerprint density at radius 1 is 1.38 bits per heavy atom. The molecule has 0 bridgehead atoms. The van der Waals surface area contributed by atoms with Gasteiger partial charge in [-0.3, -0.25) is 0 Å². The molecule has 2 heterocycles. The van der Waals surface area contributed by atoms with Crippen LogP contribution < -0.4 is 4.74 Å². The Morgan fingerprint density at radius 2 is 2.19 bits per heavy atom. The minimum atomic E-state index is 0.298. The summed E-state index contributed by atoms with van der Waals surface area (Å²) in [6, 6.07) is 6.50. The predicted octanol–water partition coefficient (Wildman–Crippen LogP) is 4.86. The average molecular weight is 317 g/mol. The van der Waals surface area contributed by atoms with Crippen molar-refractivity contribution in [1.82, 2.24) is 0 Å². The first kappa shape index (κ1) is 12.1. The quantitative estimate of drug-likeness (QED) is 0.731. The monoisotopic (exact) mass is 316 g/mol. The van der Waals surface area contributed by atoms with E-state index in [1.165, 1.54) is 14.6 Å². The van der Waals surface area contributed by atoms with Crippen molar-refractivity contribution < 1.29 is 4.74 Å². The summed E-state index contributed by atoms with van der Waals surface area (Å²) in [7, 11) is 1.70. The molecule has 0 aliphatic carbocycles. The molecular formula is C12H13BrOS2. The molecule has 0 fully saturated rings. The van der Waals surface area contributed by atoms with E-state index in [9.17, 15) is 0 Å². The molecule has 0 aromatic carbocycles. The molecule has 2 aromatic rings. The van der Waals surface area contributed by atoms with Crippen LogP contribution in [0.3, 0.4) is 0 Å². The van der Waals surface area contributed by atoms with Gasteiger partial charge in [0.05, 0.1) is 11.9 Å². The highest BCUT2D eigenvalue weighted by molar-refractivity contribution is 9.09. The first-order valence-corrected chi connectivity index (χ1v) is 7.71. The maximum Gasteiger partial charge on any atom is 0.129 e. The van der Waals surface area contributed by atoms with Gasteiger partial charge in [0.25, 0.3) is 0 Å². The molecule has 2 aromatic heterocycles. The second kappa shape index (κ2) is 5.34. The lowest BCUT2D eigenvalue weighted by molar-refractivity contribution is 0.416. The molecular weight excluding hydrogens is 304 g/mol. The van der Waals surface area contributed by atoms with E-state index in [0.717, 1.165) is 12.2 Å². The Balaban J connectivity index is 2.20. The molecule has 0 spiro atoms. The van der Waals surface area contributed by atoms with Gasteiger partial charge in [-0.05, 0) is 24.6 Å². The van der Waals surface area contributed by atoms with E-state index in [4.69, 9.17) is 4.74 Å². The lowest BCUT2D eigenvalue weighted by Crippen LogP contribution is -1.84. The molecule has 86 valence electrons. The van der Waals surface area contributed by atoms with Crippen LogP contribution in [0.5, 0.6) is 5.75 Å². The van der Waals surface area contributed by atoms with E-state index in [2.05, 4.69) is 41.1 Å². The van der Waals surface area contributed by atoms with E-state index in [-0.39, 0.29) is 0 Å². The van der Waals surface area contributed by atoms with Crippen LogP contribution in [0.15, 0.2) is 23.6 Å². The summed E-state index contributed by atoms with van der Waals surface area (Å²) in [6.45, 7) is 2.19. The summed E-state index contributed by atoms with van der Waals surface area (Å²) in [4.78, 5) is 4.39. The van der Waals surface area contributed by atoms with E-state index in [0.29, 0.717) is 4.83 Å². The largest absolute Gasteiger partial charge is 0.496 e. The Hall–Kier alpha value is -0.320. The number of halogens is 1. The molecule has 0 saturated heterocycles. The van der Waals surface area contributed by atoms with Crippen molar-refractivity contribution in [1.29, 1.82) is 0 Å². The lowest BCUT2D eigenvalue weighted by atomic mass is 10.3. The number of ether oxygens (including phenoxy) is 1. The Bertz CT molecular complexity index is 419. The van der Waals surface area contributed by atoms with Crippen LogP contribution in [0, 0.1) is 0 Å². The minimum Gasteiger partial charge on any atom is -0.496 e. The smallest absolute Gasteiger partial charge is 0.129 e. The number of rotatable bonds is 4. The van der Waals surface area contributed by atoms with Crippen LogP contribution in [-0.4, -0.2) is 7.11 Å². The van der Waals surface area contributed by atoms with Gasteiger partial charge in [-0.15, -0.1) is 22.7 Å². The summed E-state index contributed by atoms with van der Waals surface area (Å²) in [5, 5.41) is 2.04. The van der Waals surface area contributed by atoms with Gasteiger partial charge < -0.3 is 4.74 Å². The number of hydrogen-bond donors (Lipinski definition) is 0. The summed E-state index contributed by atoms with van der Waals surface area (Å²) in [5.41, 5.74) is 0. The number of aryl methyl sites for hydroxylation is 1. The van der Waals surface area contributed by atoms with Gasteiger partial charge in [0.15, 0.2) is 0 Å². The van der Waals surface area contributed by atoms with Crippen LogP contribution in [0.1, 0.15) is 26.4 Å². The standard InChI is InChI=1S/C12H13BrOS2/c1-3-9-4-5-10(16-9)12(13)11-6-8(14-2)7-15-11/h4-7,12H,3H2,1-2H3. The Labute approximate surface area is 112 Å². The minimum absolute atomic E-state index is 0.298. The fourth-order valence-corrected chi connectivity index (χ4v) is 4.20. The molecule has 0 amide bonds. The number of alkyl halides is 1. The van der Waals surface area contributed by atoms with Crippen LogP contribution in [0.25, 0.3) is 0 Å². The van der Waals surface area contributed by atoms with Crippen molar-refractivity contribution in [3.8, 4) is 5.75 Å². The fourth-order valence-electron chi connectivity index (χ4n) is 1.44. The number of methoxy groups -OCH3 is 1. The number of hydrogen-bond acceptors (Lipinski definition) is 3. The van der Waals surface area contributed by atoms with Gasteiger partial charge >= 0.3 is 0 Å². The first-order valence-electron chi connectivity index (χ1n) is 5.09. The maximum atomic E-state index is 5.20. The second-order valence-corrected chi connectivity index (χ2v) is 6.47. The maximum absolute atomic E-state index is 5.20. The molecule has 2 rings (SSSR count). The summed E-state index contributed by atoms with van der Waals surface area (Å²) in [5.74, 6) is 0.941. The third kappa shape index (κ3) is 2.50. The van der Waals surface area contributed by atoms with Crippen LogP contribution >= 0.6 is 38.6 Å². The van der Waals surface area contributed by atoms with E-state index in [1.54, 1.807) is 18.4 Å². The van der Waals surface area contributed by atoms with Gasteiger partial charge in [-0.2, -0.15) is 0 Å². The van der Waals surface area contributed by atoms with Gasteiger partial charge in [-0.1, -0.05) is 22.9 Å². The summed E-state index contributed by atoms with van der Waals surface area (Å²) < 4.78 is 5.20. The molecule has 1 unspecified atom stereocenters. The van der Waals surface area contributed by atoms with Gasteiger partial charge in [-0.25, -0.2) is 0 Å². The van der Waals surface area contributed by atoms with Gasteiger partial charge in [0.1, 0.15) is 5.75 Å².